The van der Waals surface area contributed by atoms with Crippen LogP contribution in [0.5, 0.6) is 0 Å². The van der Waals surface area contributed by atoms with Crippen molar-refractivity contribution in [3.8, 4) is 0 Å². The van der Waals surface area contributed by atoms with Crippen molar-refractivity contribution in [2.45, 2.75) is 44.5 Å². The first-order chi connectivity index (χ1) is 16.3. The van der Waals surface area contributed by atoms with Gasteiger partial charge in [-0.2, -0.15) is 13.2 Å². The number of rotatable bonds is 6. The maximum atomic E-state index is 14.8. The third kappa shape index (κ3) is 4.33. The molecule has 0 aromatic heterocycles. The molecule has 1 saturated carbocycles. The molecule has 0 bridgehead atoms. The highest BCUT2D eigenvalue weighted by atomic mass is 127. The topological polar surface area (TPSA) is 43.8 Å². The van der Waals surface area contributed by atoms with E-state index in [4.69, 9.17) is 0 Å². The third-order valence-corrected chi connectivity index (χ3v) is 7.57. The van der Waals surface area contributed by atoms with E-state index in [-0.39, 0.29) is 39.9 Å². The van der Waals surface area contributed by atoms with E-state index in [2.05, 4.69) is 4.90 Å². The fourth-order valence-corrected chi connectivity index (χ4v) is 5.87. The number of hydrogen-bond donors (Lipinski definition) is 1. The highest BCUT2D eigenvalue weighted by molar-refractivity contribution is 14.1. The second kappa shape index (κ2) is 9.22. The van der Waals surface area contributed by atoms with E-state index in [0.717, 1.165) is 18.0 Å². The number of fused-ring (bicyclic) bond motifs is 1. The Morgan fingerprint density at radius 3 is 2.14 bits per heavy atom. The van der Waals surface area contributed by atoms with Crippen molar-refractivity contribution >= 4 is 34.2 Å². The number of aliphatic hydroxyl groups is 1. The summed E-state index contributed by atoms with van der Waals surface area (Å²) in [6.07, 6.45) is -3.66. The largest absolute Gasteiger partial charge is 0.416 e. The molecule has 190 valence electrons. The van der Waals surface area contributed by atoms with Crippen LogP contribution >= 0.6 is 22.6 Å². The number of carbonyl (C=O) groups excluding carboxylic acids is 1. The average molecular weight is 612 g/mol. The van der Waals surface area contributed by atoms with Gasteiger partial charge in [0.1, 0.15) is 17.5 Å². The molecule has 4 rings (SSSR count). The summed E-state index contributed by atoms with van der Waals surface area (Å²) < 4.78 is 85.4. The van der Waals surface area contributed by atoms with Gasteiger partial charge in [-0.3, -0.25) is 4.79 Å². The Labute approximate surface area is 212 Å². The molecule has 2 aromatic carbocycles. The molecule has 35 heavy (non-hydrogen) atoms. The van der Waals surface area contributed by atoms with E-state index in [9.17, 15) is 36.2 Å². The molecule has 2 aromatic rings. The monoisotopic (exact) mass is 612 g/mol. The molecular formula is C24H23F6IN2O2. The molecule has 1 aliphatic carbocycles. The minimum Gasteiger partial charge on any atom is -0.371 e. The SMILES string of the molecule is CCN(CC)C1CC(CN2C(=O)C(O)(c3c(F)cc(F)cc3F)c3c2cc(I)cc3C(F)(F)F)C1. The predicted octanol–water partition coefficient (Wildman–Crippen LogP) is 5.43. The van der Waals surface area contributed by atoms with E-state index in [0.29, 0.717) is 18.9 Å². The average Bonchev–Trinajstić information content (AvgIpc) is 2.92. The van der Waals surface area contributed by atoms with Gasteiger partial charge >= 0.3 is 6.18 Å². The molecule has 4 nitrogen and oxygen atoms in total. The normalized spacial score (nSPS) is 24.2. The molecule has 1 heterocycles. The summed E-state index contributed by atoms with van der Waals surface area (Å²) >= 11 is 1.65. The lowest BCUT2D eigenvalue weighted by Crippen LogP contribution is -2.50. The van der Waals surface area contributed by atoms with Crippen LogP contribution in [0.25, 0.3) is 0 Å². The molecule has 1 atom stereocenters. The van der Waals surface area contributed by atoms with Crippen LogP contribution in [0.2, 0.25) is 0 Å². The van der Waals surface area contributed by atoms with Gasteiger partial charge < -0.3 is 14.9 Å². The minimum absolute atomic E-state index is 0.0201. The zero-order valence-corrected chi connectivity index (χ0v) is 21.1. The van der Waals surface area contributed by atoms with Crippen molar-refractivity contribution in [1.29, 1.82) is 0 Å². The van der Waals surface area contributed by atoms with Crippen LogP contribution < -0.4 is 4.90 Å². The lowest BCUT2D eigenvalue weighted by Gasteiger charge is -2.43. The van der Waals surface area contributed by atoms with Crippen molar-refractivity contribution in [3.63, 3.8) is 0 Å². The second-order valence-electron chi connectivity index (χ2n) is 8.93. The smallest absolute Gasteiger partial charge is 0.371 e. The predicted molar refractivity (Wildman–Crippen MR) is 125 cm³/mol. The van der Waals surface area contributed by atoms with E-state index >= 15 is 0 Å². The molecule has 11 heteroatoms. The first-order valence-corrected chi connectivity index (χ1v) is 12.2. The molecular weight excluding hydrogens is 589 g/mol. The highest BCUT2D eigenvalue weighted by Crippen LogP contribution is 2.52. The molecule has 0 saturated heterocycles. The maximum absolute atomic E-state index is 14.8. The van der Waals surface area contributed by atoms with E-state index in [1.807, 2.05) is 13.8 Å². The van der Waals surface area contributed by atoms with Gasteiger partial charge in [-0.25, -0.2) is 13.2 Å². The standard InChI is InChI=1S/C24H23F6IN2O2/c1-3-32(4-2)15-5-12(6-15)11-33-19-10-14(31)9-16(24(28,29)30)20(19)23(35,22(33)34)21-17(26)7-13(25)8-18(21)27/h7-10,12,15,35H,3-6,11H2,1-2H3. The fraction of sp³-hybridized carbons (Fsp3) is 0.458. The highest BCUT2D eigenvalue weighted by Gasteiger charge is 2.58. The molecule has 0 radical (unpaired) electrons. The molecule has 0 spiro atoms. The Hall–Kier alpha value is -1.86. The summed E-state index contributed by atoms with van der Waals surface area (Å²) in [6.45, 7) is 5.67. The first kappa shape index (κ1) is 26.2. The van der Waals surface area contributed by atoms with Gasteiger partial charge in [0.05, 0.1) is 16.8 Å². The van der Waals surface area contributed by atoms with Crippen LogP contribution in [0.1, 0.15) is 43.4 Å². The zero-order valence-electron chi connectivity index (χ0n) is 18.9. The molecule has 1 amide bonds. The second-order valence-corrected chi connectivity index (χ2v) is 10.2. The fourth-order valence-electron chi connectivity index (χ4n) is 5.27. The van der Waals surface area contributed by atoms with E-state index < -0.39 is 51.8 Å². The molecule has 1 aliphatic heterocycles. The molecule has 1 unspecified atom stereocenters. The van der Waals surface area contributed by atoms with Crippen LogP contribution in [0.4, 0.5) is 32.0 Å². The minimum atomic E-state index is -5.03. The van der Waals surface area contributed by atoms with Gasteiger partial charge in [0.2, 0.25) is 5.60 Å². The Morgan fingerprint density at radius 2 is 1.63 bits per heavy atom. The van der Waals surface area contributed by atoms with Crippen molar-refractivity contribution < 1.29 is 36.2 Å². The van der Waals surface area contributed by atoms with Crippen LogP contribution in [0.3, 0.4) is 0 Å². The first-order valence-electron chi connectivity index (χ1n) is 11.2. The van der Waals surface area contributed by atoms with Gasteiger partial charge in [0, 0.05) is 33.9 Å². The number of hydrogen-bond acceptors (Lipinski definition) is 3. The van der Waals surface area contributed by atoms with Gasteiger partial charge in [-0.05, 0) is 66.6 Å². The number of amides is 1. The van der Waals surface area contributed by atoms with Gasteiger partial charge in [0.25, 0.3) is 5.91 Å². The summed E-state index contributed by atoms with van der Waals surface area (Å²) in [4.78, 5) is 16.8. The maximum Gasteiger partial charge on any atom is 0.416 e. The number of halogens is 7. The number of anilines is 1. The summed E-state index contributed by atoms with van der Waals surface area (Å²) in [7, 11) is 0. The van der Waals surface area contributed by atoms with Gasteiger partial charge in [-0.1, -0.05) is 13.8 Å². The Balaban J connectivity index is 1.84. The van der Waals surface area contributed by atoms with E-state index in [1.165, 1.54) is 6.07 Å². The van der Waals surface area contributed by atoms with E-state index in [1.54, 1.807) is 22.6 Å². The Morgan fingerprint density at radius 1 is 1.06 bits per heavy atom. The summed E-state index contributed by atoms with van der Waals surface area (Å²) in [5.74, 6) is -6.00. The lowest BCUT2D eigenvalue weighted by molar-refractivity contribution is -0.142. The van der Waals surface area contributed by atoms with Crippen molar-refractivity contribution in [2.75, 3.05) is 24.5 Å². The molecule has 2 aliphatic rings. The number of carbonyl (C=O) groups is 1. The van der Waals surface area contributed by atoms with Crippen LogP contribution in [-0.2, 0) is 16.6 Å². The van der Waals surface area contributed by atoms with Crippen LogP contribution in [-0.4, -0.2) is 41.6 Å². The van der Waals surface area contributed by atoms with Crippen LogP contribution in [0, 0.1) is 26.9 Å². The molecule has 1 N–H and O–H groups in total. The quantitative estimate of drug-likeness (QED) is 0.350. The van der Waals surface area contributed by atoms with Crippen molar-refractivity contribution in [1.82, 2.24) is 4.90 Å². The van der Waals surface area contributed by atoms with Crippen LogP contribution in [0.15, 0.2) is 24.3 Å². The zero-order chi connectivity index (χ0) is 25.9. The van der Waals surface area contributed by atoms with Gasteiger partial charge in [-0.15, -0.1) is 0 Å². The lowest BCUT2D eigenvalue weighted by atomic mass is 9.78. The Bertz CT molecular complexity index is 1140. The molecule has 1 fully saturated rings. The Kier molecular flexibility index (Phi) is 6.90. The number of nitrogens with zero attached hydrogens (tertiary/aromatic N) is 2. The van der Waals surface area contributed by atoms with Crippen molar-refractivity contribution in [3.05, 3.63) is 62.0 Å². The summed E-state index contributed by atoms with van der Waals surface area (Å²) in [5, 5.41) is 11.5. The van der Waals surface area contributed by atoms with Crippen molar-refractivity contribution in [2.24, 2.45) is 5.92 Å². The summed E-state index contributed by atoms with van der Waals surface area (Å²) in [6, 6.07) is 2.71. The van der Waals surface area contributed by atoms with Gasteiger partial charge in [0.15, 0.2) is 0 Å². The third-order valence-electron chi connectivity index (χ3n) is 6.94. The summed E-state index contributed by atoms with van der Waals surface area (Å²) in [5.41, 5.74) is -7.22. The number of benzene rings is 2. The number of alkyl halides is 3.